The molecular weight excluding hydrogens is 496 g/mol. The van der Waals surface area contributed by atoms with Crippen LogP contribution < -0.4 is 4.90 Å². The van der Waals surface area contributed by atoms with Gasteiger partial charge >= 0.3 is 0 Å². The minimum Gasteiger partial charge on any atom is -0.454 e. The zero-order chi connectivity index (χ0) is 25.8. The molecule has 0 amide bonds. The molecule has 0 aliphatic rings. The Bertz CT molecular complexity index is 2010. The van der Waals surface area contributed by atoms with Crippen molar-refractivity contribution in [3.05, 3.63) is 134 Å². The van der Waals surface area contributed by atoms with Crippen molar-refractivity contribution < 1.29 is 4.42 Å². The summed E-state index contributed by atoms with van der Waals surface area (Å²) in [5, 5.41) is 4.67. The number of nitrogens with zero attached hydrogens (tertiary/aromatic N) is 2. The van der Waals surface area contributed by atoms with Crippen molar-refractivity contribution in [3.8, 4) is 11.1 Å². The maximum Gasteiger partial charge on any atom is 0.159 e. The molecule has 0 aliphatic carbocycles. The SMILES string of the molecule is c1ccc(-c2ccc(N(c3cccc4c3oc3ccccc34)c3nccc4c3sc3ccccc34)cc2)cc1. The molecule has 3 nitrogen and oxygen atoms in total. The summed E-state index contributed by atoms with van der Waals surface area (Å²) in [4.78, 5) is 7.24. The number of thiophene rings is 1. The Morgan fingerprint density at radius 1 is 0.564 bits per heavy atom. The van der Waals surface area contributed by atoms with Crippen molar-refractivity contribution >= 4 is 70.6 Å². The van der Waals surface area contributed by atoms with Gasteiger partial charge in [0, 0.05) is 38.1 Å². The maximum atomic E-state index is 6.51. The fourth-order valence-corrected chi connectivity index (χ4v) is 6.69. The van der Waals surface area contributed by atoms with Crippen LogP contribution in [0.5, 0.6) is 0 Å². The number of pyridine rings is 1. The second-order valence-electron chi connectivity index (χ2n) is 9.61. The van der Waals surface area contributed by atoms with Crippen molar-refractivity contribution in [1.29, 1.82) is 0 Å². The van der Waals surface area contributed by atoms with Crippen LogP contribution in [0.15, 0.2) is 138 Å². The lowest BCUT2D eigenvalue weighted by Crippen LogP contribution is -2.12. The second-order valence-corrected chi connectivity index (χ2v) is 10.7. The van der Waals surface area contributed by atoms with Crippen LogP contribution in [0.4, 0.5) is 17.2 Å². The smallest absolute Gasteiger partial charge is 0.159 e. The molecule has 0 atom stereocenters. The molecule has 0 bridgehead atoms. The monoisotopic (exact) mass is 518 g/mol. The van der Waals surface area contributed by atoms with Gasteiger partial charge < -0.3 is 4.42 Å². The van der Waals surface area contributed by atoms with Gasteiger partial charge in [-0.2, -0.15) is 0 Å². The Labute approximate surface area is 229 Å². The van der Waals surface area contributed by atoms with Gasteiger partial charge in [0.15, 0.2) is 11.4 Å². The molecule has 0 saturated heterocycles. The minimum atomic E-state index is 0.853. The largest absolute Gasteiger partial charge is 0.454 e. The third-order valence-corrected chi connectivity index (χ3v) is 8.53. The summed E-state index contributed by atoms with van der Waals surface area (Å²) < 4.78 is 8.91. The molecule has 0 radical (unpaired) electrons. The highest BCUT2D eigenvalue weighted by Gasteiger charge is 2.23. The molecule has 5 aromatic carbocycles. The van der Waals surface area contributed by atoms with Gasteiger partial charge in [0.05, 0.1) is 10.4 Å². The van der Waals surface area contributed by atoms with E-state index in [1.165, 1.54) is 26.6 Å². The van der Waals surface area contributed by atoms with Gasteiger partial charge in [0.25, 0.3) is 0 Å². The third-order valence-electron chi connectivity index (χ3n) is 7.34. The van der Waals surface area contributed by atoms with E-state index in [0.29, 0.717) is 0 Å². The average molecular weight is 519 g/mol. The van der Waals surface area contributed by atoms with Crippen LogP contribution in [-0.4, -0.2) is 4.98 Å². The number of para-hydroxylation sites is 2. The van der Waals surface area contributed by atoms with Crippen molar-refractivity contribution in [3.63, 3.8) is 0 Å². The molecule has 0 saturated carbocycles. The highest BCUT2D eigenvalue weighted by molar-refractivity contribution is 7.26. The summed E-state index contributed by atoms with van der Waals surface area (Å²) in [5.41, 5.74) is 6.10. The van der Waals surface area contributed by atoms with Crippen molar-refractivity contribution in [2.45, 2.75) is 0 Å². The zero-order valence-electron chi connectivity index (χ0n) is 20.9. The molecule has 8 rings (SSSR count). The van der Waals surface area contributed by atoms with Crippen LogP contribution >= 0.6 is 11.3 Å². The van der Waals surface area contributed by atoms with Gasteiger partial charge in [-0.1, -0.05) is 91.0 Å². The van der Waals surface area contributed by atoms with Gasteiger partial charge in [0.1, 0.15) is 5.58 Å². The standard InChI is InChI=1S/C35H22N2OS/c1-2-9-23(10-3-1)24-17-19-25(20-18-24)37(30-14-8-13-28-26-11-4-6-15-31(26)38-33(28)30)35-34-29(21-22-36-35)27-12-5-7-16-32(27)39-34/h1-22H. The van der Waals surface area contributed by atoms with Crippen LogP contribution in [0.3, 0.4) is 0 Å². The minimum absolute atomic E-state index is 0.853. The first-order chi connectivity index (χ1) is 19.3. The predicted octanol–water partition coefficient (Wildman–Crippen LogP) is 10.5. The Morgan fingerprint density at radius 3 is 2.15 bits per heavy atom. The van der Waals surface area contributed by atoms with Crippen LogP contribution in [0.2, 0.25) is 0 Å². The lowest BCUT2D eigenvalue weighted by Gasteiger charge is -2.25. The van der Waals surface area contributed by atoms with E-state index in [2.05, 4.69) is 114 Å². The first kappa shape index (κ1) is 22.1. The number of rotatable bonds is 4. The van der Waals surface area contributed by atoms with E-state index in [0.717, 1.165) is 43.8 Å². The molecular formula is C35H22N2OS. The van der Waals surface area contributed by atoms with Gasteiger partial charge in [-0.15, -0.1) is 11.3 Å². The van der Waals surface area contributed by atoms with Gasteiger partial charge in [-0.05, 0) is 47.5 Å². The number of aromatic nitrogens is 1. The van der Waals surface area contributed by atoms with E-state index in [1.807, 2.05) is 24.4 Å². The van der Waals surface area contributed by atoms with Crippen LogP contribution in [0.1, 0.15) is 0 Å². The van der Waals surface area contributed by atoms with E-state index in [4.69, 9.17) is 9.40 Å². The highest BCUT2D eigenvalue weighted by Crippen LogP contribution is 2.46. The lowest BCUT2D eigenvalue weighted by molar-refractivity contribution is 0.669. The molecule has 3 aromatic heterocycles. The Balaban J connectivity index is 1.40. The molecule has 0 unspecified atom stereocenters. The molecule has 0 spiro atoms. The summed E-state index contributed by atoms with van der Waals surface area (Å²) >= 11 is 1.78. The summed E-state index contributed by atoms with van der Waals surface area (Å²) in [6, 6.07) is 44.5. The Morgan fingerprint density at radius 2 is 1.28 bits per heavy atom. The maximum absolute atomic E-state index is 6.51. The highest BCUT2D eigenvalue weighted by atomic mass is 32.1. The van der Waals surface area contributed by atoms with Gasteiger partial charge in [-0.3, -0.25) is 4.90 Å². The summed E-state index contributed by atoms with van der Waals surface area (Å²) in [6.45, 7) is 0. The fraction of sp³-hybridized carbons (Fsp3) is 0. The molecule has 184 valence electrons. The molecule has 0 aliphatic heterocycles. The van der Waals surface area contributed by atoms with Gasteiger partial charge in [-0.25, -0.2) is 4.98 Å². The number of hydrogen-bond donors (Lipinski definition) is 0. The van der Waals surface area contributed by atoms with Crippen molar-refractivity contribution in [2.24, 2.45) is 0 Å². The van der Waals surface area contributed by atoms with Crippen molar-refractivity contribution in [2.75, 3.05) is 4.90 Å². The number of anilines is 3. The van der Waals surface area contributed by atoms with Crippen molar-refractivity contribution in [1.82, 2.24) is 4.98 Å². The van der Waals surface area contributed by atoms with E-state index < -0.39 is 0 Å². The molecule has 4 heteroatoms. The average Bonchev–Trinajstić information content (AvgIpc) is 3.58. The topological polar surface area (TPSA) is 29.3 Å². The molecule has 0 N–H and O–H groups in total. The number of fused-ring (bicyclic) bond motifs is 6. The normalized spacial score (nSPS) is 11.6. The van der Waals surface area contributed by atoms with E-state index >= 15 is 0 Å². The molecule has 39 heavy (non-hydrogen) atoms. The lowest BCUT2D eigenvalue weighted by atomic mass is 10.0. The van der Waals surface area contributed by atoms with E-state index in [1.54, 1.807) is 11.3 Å². The third kappa shape index (κ3) is 3.53. The van der Waals surface area contributed by atoms with Crippen LogP contribution in [0.25, 0.3) is 53.2 Å². The van der Waals surface area contributed by atoms with E-state index in [9.17, 15) is 0 Å². The quantitative estimate of drug-likeness (QED) is 0.232. The first-order valence-corrected chi connectivity index (χ1v) is 13.8. The summed E-state index contributed by atoms with van der Waals surface area (Å²) in [6.07, 6.45) is 1.92. The Kier molecular flexibility index (Phi) is 5.00. The van der Waals surface area contributed by atoms with Crippen LogP contribution in [-0.2, 0) is 0 Å². The number of hydrogen-bond acceptors (Lipinski definition) is 4. The Hall–Kier alpha value is -4.93. The molecule has 3 heterocycles. The van der Waals surface area contributed by atoms with Crippen LogP contribution in [0, 0.1) is 0 Å². The second kappa shape index (κ2) is 8.83. The molecule has 0 fully saturated rings. The van der Waals surface area contributed by atoms with E-state index in [-0.39, 0.29) is 0 Å². The number of benzene rings is 5. The molecule has 8 aromatic rings. The fourth-order valence-electron chi connectivity index (χ4n) is 5.51. The summed E-state index contributed by atoms with van der Waals surface area (Å²) in [5.74, 6) is 0.897. The zero-order valence-corrected chi connectivity index (χ0v) is 21.7. The predicted molar refractivity (Wildman–Crippen MR) is 165 cm³/mol. The van der Waals surface area contributed by atoms with Gasteiger partial charge in [0.2, 0.25) is 0 Å². The summed E-state index contributed by atoms with van der Waals surface area (Å²) in [7, 11) is 0. The number of furan rings is 1. The first-order valence-electron chi connectivity index (χ1n) is 13.0.